The minimum atomic E-state index is -0.0124. The molecule has 1 aromatic rings. The lowest BCUT2D eigenvalue weighted by molar-refractivity contribution is -0.132. The van der Waals surface area contributed by atoms with Gasteiger partial charge in [-0.15, -0.1) is 0 Å². The summed E-state index contributed by atoms with van der Waals surface area (Å²) in [7, 11) is 0. The molecule has 1 saturated heterocycles. The minimum Gasteiger partial charge on any atom is -0.349 e. The number of likely N-dealkylation sites (tertiary alicyclic amines) is 1. The van der Waals surface area contributed by atoms with Crippen molar-refractivity contribution in [1.82, 2.24) is 10.2 Å². The molecule has 1 aliphatic heterocycles. The van der Waals surface area contributed by atoms with Crippen LogP contribution in [0.3, 0.4) is 0 Å². The van der Waals surface area contributed by atoms with Gasteiger partial charge in [0.15, 0.2) is 0 Å². The standard InChI is InChI=1S/C20H28N2O2/c23-19(11-10-16-6-4-5-7-16)22-14-12-18(13-15-22)21-20(24)17-8-2-1-3-9-17/h1-3,8-9,16,18H,4-7,10-15H2,(H,21,24). The quantitative estimate of drug-likeness (QED) is 0.901. The van der Waals surface area contributed by atoms with Gasteiger partial charge >= 0.3 is 0 Å². The number of piperidine rings is 1. The van der Waals surface area contributed by atoms with Gasteiger partial charge in [0, 0.05) is 31.1 Å². The molecule has 24 heavy (non-hydrogen) atoms. The monoisotopic (exact) mass is 328 g/mol. The topological polar surface area (TPSA) is 49.4 Å². The normalized spacial score (nSPS) is 19.4. The van der Waals surface area contributed by atoms with Gasteiger partial charge in [-0.25, -0.2) is 0 Å². The highest BCUT2D eigenvalue weighted by Gasteiger charge is 2.25. The van der Waals surface area contributed by atoms with Crippen LogP contribution in [0.1, 0.15) is 61.7 Å². The number of nitrogens with zero attached hydrogens (tertiary/aromatic N) is 1. The first kappa shape index (κ1) is 17.0. The van der Waals surface area contributed by atoms with Gasteiger partial charge in [-0.3, -0.25) is 9.59 Å². The number of amides is 2. The fourth-order valence-electron chi connectivity index (χ4n) is 3.92. The van der Waals surface area contributed by atoms with Crippen molar-refractivity contribution in [2.45, 2.75) is 57.4 Å². The smallest absolute Gasteiger partial charge is 0.251 e. The number of benzene rings is 1. The zero-order valence-electron chi connectivity index (χ0n) is 14.4. The Bertz CT molecular complexity index is 544. The maximum Gasteiger partial charge on any atom is 0.251 e. The predicted octanol–water partition coefficient (Wildman–Crippen LogP) is 3.38. The van der Waals surface area contributed by atoms with Crippen LogP contribution in [-0.2, 0) is 4.79 Å². The van der Waals surface area contributed by atoms with Crippen LogP contribution in [0.25, 0.3) is 0 Å². The molecular formula is C20H28N2O2. The maximum atomic E-state index is 12.3. The first-order valence-corrected chi connectivity index (χ1v) is 9.36. The van der Waals surface area contributed by atoms with Crippen molar-refractivity contribution in [1.29, 1.82) is 0 Å². The van der Waals surface area contributed by atoms with Gasteiger partial charge in [-0.05, 0) is 37.3 Å². The molecule has 1 aliphatic carbocycles. The molecule has 130 valence electrons. The molecule has 0 radical (unpaired) electrons. The maximum absolute atomic E-state index is 12.3. The van der Waals surface area contributed by atoms with Crippen LogP contribution in [0.5, 0.6) is 0 Å². The zero-order valence-corrected chi connectivity index (χ0v) is 14.4. The lowest BCUT2D eigenvalue weighted by Crippen LogP contribution is -2.46. The van der Waals surface area contributed by atoms with Crippen molar-refractivity contribution in [2.24, 2.45) is 5.92 Å². The van der Waals surface area contributed by atoms with Gasteiger partial charge in [0.25, 0.3) is 5.91 Å². The molecule has 0 bridgehead atoms. The zero-order chi connectivity index (χ0) is 16.8. The van der Waals surface area contributed by atoms with Crippen LogP contribution in [-0.4, -0.2) is 35.8 Å². The van der Waals surface area contributed by atoms with Crippen LogP contribution in [0.4, 0.5) is 0 Å². The Balaban J connectivity index is 1.39. The second kappa shape index (κ2) is 8.32. The van der Waals surface area contributed by atoms with Crippen molar-refractivity contribution < 1.29 is 9.59 Å². The van der Waals surface area contributed by atoms with E-state index < -0.39 is 0 Å². The fourth-order valence-corrected chi connectivity index (χ4v) is 3.92. The van der Waals surface area contributed by atoms with Crippen molar-refractivity contribution >= 4 is 11.8 Å². The summed E-state index contributed by atoms with van der Waals surface area (Å²) in [6.45, 7) is 1.53. The third kappa shape index (κ3) is 4.59. The predicted molar refractivity (Wildman–Crippen MR) is 94.7 cm³/mol. The Labute approximate surface area is 144 Å². The summed E-state index contributed by atoms with van der Waals surface area (Å²) >= 11 is 0. The average molecular weight is 328 g/mol. The molecule has 2 amide bonds. The minimum absolute atomic E-state index is 0.0124. The molecule has 2 aliphatic rings. The summed E-state index contributed by atoms with van der Waals surface area (Å²) in [6, 6.07) is 9.50. The summed E-state index contributed by atoms with van der Waals surface area (Å²) in [6.07, 6.45) is 8.76. The highest BCUT2D eigenvalue weighted by Crippen LogP contribution is 2.28. The van der Waals surface area contributed by atoms with Gasteiger partial charge in [-0.1, -0.05) is 43.9 Å². The summed E-state index contributed by atoms with van der Waals surface area (Å²) in [5.74, 6) is 1.06. The number of rotatable bonds is 5. The second-order valence-electron chi connectivity index (χ2n) is 7.18. The number of nitrogens with one attached hydrogen (secondary N) is 1. The van der Waals surface area contributed by atoms with E-state index in [2.05, 4.69) is 5.32 Å². The van der Waals surface area contributed by atoms with Crippen molar-refractivity contribution in [2.75, 3.05) is 13.1 Å². The Kier molecular flexibility index (Phi) is 5.89. The average Bonchev–Trinajstić information content (AvgIpc) is 3.14. The highest BCUT2D eigenvalue weighted by molar-refractivity contribution is 5.94. The van der Waals surface area contributed by atoms with E-state index in [9.17, 15) is 9.59 Å². The number of hydrogen-bond acceptors (Lipinski definition) is 2. The Morgan fingerprint density at radius 3 is 2.33 bits per heavy atom. The van der Waals surface area contributed by atoms with E-state index in [4.69, 9.17) is 0 Å². The van der Waals surface area contributed by atoms with Crippen molar-refractivity contribution in [3.63, 3.8) is 0 Å². The molecule has 1 saturated carbocycles. The molecule has 2 fully saturated rings. The van der Waals surface area contributed by atoms with E-state index >= 15 is 0 Å². The lowest BCUT2D eigenvalue weighted by Gasteiger charge is -2.32. The highest BCUT2D eigenvalue weighted by atomic mass is 16.2. The van der Waals surface area contributed by atoms with Crippen LogP contribution in [0.2, 0.25) is 0 Å². The molecule has 4 nitrogen and oxygen atoms in total. The number of carbonyl (C=O) groups is 2. The molecule has 1 heterocycles. The van der Waals surface area contributed by atoms with Gasteiger partial charge in [0.05, 0.1) is 0 Å². The number of hydrogen-bond donors (Lipinski definition) is 1. The molecule has 0 unspecified atom stereocenters. The largest absolute Gasteiger partial charge is 0.349 e. The Morgan fingerprint density at radius 2 is 1.67 bits per heavy atom. The van der Waals surface area contributed by atoms with Crippen LogP contribution < -0.4 is 5.32 Å². The lowest BCUT2D eigenvalue weighted by atomic mass is 10.00. The van der Waals surface area contributed by atoms with E-state index in [-0.39, 0.29) is 11.9 Å². The molecule has 3 rings (SSSR count). The Morgan fingerprint density at radius 1 is 1.00 bits per heavy atom. The molecule has 0 spiro atoms. The van der Waals surface area contributed by atoms with Gasteiger partial charge in [0.1, 0.15) is 0 Å². The SMILES string of the molecule is O=C(NC1CCN(C(=O)CCC2CCCC2)CC1)c1ccccc1. The number of carbonyl (C=O) groups excluding carboxylic acids is 2. The van der Waals surface area contributed by atoms with Crippen molar-refractivity contribution in [3.05, 3.63) is 35.9 Å². The molecule has 0 atom stereocenters. The van der Waals surface area contributed by atoms with Crippen LogP contribution in [0.15, 0.2) is 30.3 Å². The third-order valence-corrected chi connectivity index (χ3v) is 5.46. The summed E-state index contributed by atoms with van der Waals surface area (Å²) in [5, 5.41) is 3.09. The first-order valence-electron chi connectivity index (χ1n) is 9.36. The molecule has 4 heteroatoms. The van der Waals surface area contributed by atoms with E-state index in [1.807, 2.05) is 35.2 Å². The summed E-state index contributed by atoms with van der Waals surface area (Å²) in [4.78, 5) is 26.5. The molecular weight excluding hydrogens is 300 g/mol. The van der Waals surface area contributed by atoms with E-state index in [1.54, 1.807) is 0 Å². The Hall–Kier alpha value is -1.84. The van der Waals surface area contributed by atoms with Crippen molar-refractivity contribution in [3.8, 4) is 0 Å². The first-order chi connectivity index (χ1) is 11.7. The van der Waals surface area contributed by atoms with Gasteiger partial charge in [-0.2, -0.15) is 0 Å². The molecule has 1 N–H and O–H groups in total. The van der Waals surface area contributed by atoms with Crippen LogP contribution in [0, 0.1) is 5.92 Å². The molecule has 0 aromatic heterocycles. The summed E-state index contributed by atoms with van der Waals surface area (Å²) in [5.41, 5.74) is 0.701. The fraction of sp³-hybridized carbons (Fsp3) is 0.600. The second-order valence-corrected chi connectivity index (χ2v) is 7.18. The van der Waals surface area contributed by atoms with Gasteiger partial charge < -0.3 is 10.2 Å². The molecule has 1 aromatic carbocycles. The third-order valence-electron chi connectivity index (χ3n) is 5.46. The summed E-state index contributed by atoms with van der Waals surface area (Å²) < 4.78 is 0. The van der Waals surface area contributed by atoms with Crippen LogP contribution >= 0.6 is 0 Å². The van der Waals surface area contributed by atoms with E-state index in [0.29, 0.717) is 17.9 Å². The van der Waals surface area contributed by atoms with E-state index in [1.165, 1.54) is 25.7 Å². The van der Waals surface area contributed by atoms with Gasteiger partial charge in [0.2, 0.25) is 5.91 Å². The van der Waals surface area contributed by atoms with E-state index in [0.717, 1.165) is 38.3 Å².